The Labute approximate surface area is 140 Å². The van der Waals surface area contributed by atoms with Crippen LogP contribution in [0.1, 0.15) is 17.1 Å². The Balaban J connectivity index is 1.75. The number of hydrogen-bond acceptors (Lipinski definition) is 5. The molecule has 0 radical (unpaired) electrons. The molecule has 5 nitrogen and oxygen atoms in total. The predicted octanol–water partition coefficient (Wildman–Crippen LogP) is 3.73. The lowest BCUT2D eigenvalue weighted by Crippen LogP contribution is -2.18. The second-order valence-corrected chi connectivity index (χ2v) is 5.78. The molecule has 0 atom stereocenters. The summed E-state index contributed by atoms with van der Waals surface area (Å²) in [6.07, 6.45) is 3.30. The van der Waals surface area contributed by atoms with E-state index in [-0.39, 0.29) is 0 Å². The highest BCUT2D eigenvalue weighted by Gasteiger charge is 2.15. The van der Waals surface area contributed by atoms with Crippen LogP contribution in [0.3, 0.4) is 0 Å². The first-order valence-electron chi connectivity index (χ1n) is 7.28. The highest BCUT2D eigenvalue weighted by Crippen LogP contribution is 2.28. The van der Waals surface area contributed by atoms with Crippen LogP contribution in [0.25, 0.3) is 11.5 Å². The Hall–Kier alpha value is -2.24. The van der Waals surface area contributed by atoms with E-state index in [2.05, 4.69) is 19.9 Å². The van der Waals surface area contributed by atoms with Crippen LogP contribution in [-0.4, -0.2) is 26.9 Å². The van der Waals surface area contributed by atoms with E-state index in [0.29, 0.717) is 17.5 Å². The van der Waals surface area contributed by atoms with Crippen molar-refractivity contribution in [1.82, 2.24) is 19.9 Å². The monoisotopic (exact) mass is 328 g/mol. The van der Waals surface area contributed by atoms with Crippen LogP contribution in [0.5, 0.6) is 0 Å². The Morgan fingerprint density at radius 2 is 2.00 bits per heavy atom. The number of hydrogen-bond donors (Lipinski definition) is 0. The summed E-state index contributed by atoms with van der Waals surface area (Å²) in [6.45, 7) is 3.31. The van der Waals surface area contributed by atoms with Crippen molar-refractivity contribution in [1.29, 1.82) is 0 Å². The van der Waals surface area contributed by atoms with Crippen LogP contribution in [-0.2, 0) is 13.1 Å². The molecule has 3 rings (SSSR count). The summed E-state index contributed by atoms with van der Waals surface area (Å²) in [5.41, 5.74) is 2.67. The van der Waals surface area contributed by atoms with E-state index in [1.165, 1.54) is 0 Å². The quantitative estimate of drug-likeness (QED) is 0.714. The molecule has 1 aromatic carbocycles. The van der Waals surface area contributed by atoms with Gasteiger partial charge in [0, 0.05) is 19.3 Å². The first kappa shape index (κ1) is 15.6. The fraction of sp³-hybridized carbons (Fsp3) is 0.235. The molecule has 0 bridgehead atoms. The largest absolute Gasteiger partial charge is 0.441 e. The van der Waals surface area contributed by atoms with Crippen LogP contribution in [0.2, 0.25) is 5.02 Å². The van der Waals surface area contributed by atoms with Crippen LogP contribution in [0.4, 0.5) is 0 Å². The van der Waals surface area contributed by atoms with Gasteiger partial charge in [-0.1, -0.05) is 23.7 Å². The van der Waals surface area contributed by atoms with Crippen molar-refractivity contribution < 1.29 is 4.42 Å². The Kier molecular flexibility index (Phi) is 4.69. The topological polar surface area (TPSA) is 55.1 Å². The van der Waals surface area contributed by atoms with Gasteiger partial charge in [0.2, 0.25) is 5.89 Å². The highest BCUT2D eigenvalue weighted by molar-refractivity contribution is 6.33. The van der Waals surface area contributed by atoms with Crippen molar-refractivity contribution in [2.75, 3.05) is 7.05 Å². The van der Waals surface area contributed by atoms with E-state index in [1.807, 2.05) is 44.3 Å². The standard InChI is InChI=1S/C17H17ClN4O/c1-12-16(10-22(2)9-13-7-8-19-11-20-13)21-17(23-12)14-5-3-4-6-15(14)18/h3-8,11H,9-10H2,1-2H3. The molecule has 118 valence electrons. The molecule has 2 aromatic heterocycles. The Morgan fingerprint density at radius 3 is 2.74 bits per heavy atom. The molecule has 0 N–H and O–H groups in total. The van der Waals surface area contributed by atoms with Crippen LogP contribution < -0.4 is 0 Å². The number of nitrogens with zero attached hydrogens (tertiary/aromatic N) is 4. The second kappa shape index (κ2) is 6.89. The molecule has 2 heterocycles. The molecule has 0 aliphatic rings. The fourth-order valence-corrected chi connectivity index (χ4v) is 2.54. The maximum atomic E-state index is 6.21. The maximum absolute atomic E-state index is 6.21. The molecule has 0 fully saturated rings. The van der Waals surface area contributed by atoms with Gasteiger partial charge >= 0.3 is 0 Å². The van der Waals surface area contributed by atoms with Crippen LogP contribution in [0, 0.1) is 6.92 Å². The minimum Gasteiger partial charge on any atom is -0.441 e. The van der Waals surface area contributed by atoms with Crippen molar-refractivity contribution in [3.8, 4) is 11.5 Å². The molecule has 0 saturated carbocycles. The van der Waals surface area contributed by atoms with Gasteiger partial charge in [-0.3, -0.25) is 4.90 Å². The lowest BCUT2D eigenvalue weighted by molar-refractivity contribution is 0.309. The number of oxazole rings is 1. The fourth-order valence-electron chi connectivity index (χ4n) is 2.32. The number of aryl methyl sites for hydroxylation is 1. The predicted molar refractivity (Wildman–Crippen MR) is 88.9 cm³/mol. The molecule has 23 heavy (non-hydrogen) atoms. The van der Waals surface area contributed by atoms with Gasteiger partial charge in [-0.05, 0) is 32.2 Å². The van der Waals surface area contributed by atoms with E-state index < -0.39 is 0 Å². The molecule has 6 heteroatoms. The summed E-state index contributed by atoms with van der Waals surface area (Å²) >= 11 is 6.21. The average Bonchev–Trinajstić information content (AvgIpc) is 2.89. The smallest absolute Gasteiger partial charge is 0.228 e. The summed E-state index contributed by atoms with van der Waals surface area (Å²) in [5, 5.41) is 0.634. The second-order valence-electron chi connectivity index (χ2n) is 5.37. The van der Waals surface area contributed by atoms with Gasteiger partial charge in [0.05, 0.1) is 22.0 Å². The lowest BCUT2D eigenvalue weighted by atomic mass is 10.2. The van der Waals surface area contributed by atoms with Gasteiger partial charge in [-0.15, -0.1) is 0 Å². The van der Waals surface area contributed by atoms with E-state index in [1.54, 1.807) is 12.5 Å². The number of halogens is 1. The van der Waals surface area contributed by atoms with Crippen LogP contribution >= 0.6 is 11.6 Å². The normalized spacial score (nSPS) is 11.1. The van der Waals surface area contributed by atoms with Gasteiger partial charge < -0.3 is 4.42 Å². The van der Waals surface area contributed by atoms with Gasteiger partial charge in [0.25, 0.3) is 0 Å². The highest BCUT2D eigenvalue weighted by atomic mass is 35.5. The Morgan fingerprint density at radius 1 is 1.17 bits per heavy atom. The molecule has 3 aromatic rings. The maximum Gasteiger partial charge on any atom is 0.228 e. The third kappa shape index (κ3) is 3.75. The lowest BCUT2D eigenvalue weighted by Gasteiger charge is -2.14. The summed E-state index contributed by atoms with van der Waals surface area (Å²) in [7, 11) is 2.02. The molecule has 0 amide bonds. The average molecular weight is 329 g/mol. The van der Waals surface area contributed by atoms with Crippen molar-refractivity contribution >= 4 is 11.6 Å². The molecule has 0 spiro atoms. The van der Waals surface area contributed by atoms with Crippen molar-refractivity contribution in [2.45, 2.75) is 20.0 Å². The van der Waals surface area contributed by atoms with E-state index in [4.69, 9.17) is 16.0 Å². The zero-order chi connectivity index (χ0) is 16.2. The first-order chi connectivity index (χ1) is 11.1. The number of benzene rings is 1. The van der Waals surface area contributed by atoms with E-state index >= 15 is 0 Å². The molecule has 0 aliphatic carbocycles. The Bertz CT molecular complexity index is 788. The van der Waals surface area contributed by atoms with Gasteiger partial charge in [-0.2, -0.15) is 0 Å². The zero-order valence-electron chi connectivity index (χ0n) is 13.0. The van der Waals surface area contributed by atoms with Gasteiger partial charge in [0.15, 0.2) is 0 Å². The molecule has 0 aliphatic heterocycles. The van der Waals surface area contributed by atoms with Gasteiger partial charge in [0.1, 0.15) is 12.1 Å². The number of rotatable bonds is 5. The molecular formula is C17H17ClN4O. The third-order valence-corrected chi connectivity index (χ3v) is 3.82. The van der Waals surface area contributed by atoms with Crippen molar-refractivity contribution in [3.63, 3.8) is 0 Å². The SMILES string of the molecule is Cc1oc(-c2ccccc2Cl)nc1CN(C)Cc1ccncn1. The van der Waals surface area contributed by atoms with Crippen molar-refractivity contribution in [3.05, 3.63) is 65.0 Å². The zero-order valence-corrected chi connectivity index (χ0v) is 13.8. The van der Waals surface area contributed by atoms with Gasteiger partial charge in [-0.25, -0.2) is 15.0 Å². The molecular weight excluding hydrogens is 312 g/mol. The van der Waals surface area contributed by atoms with E-state index in [0.717, 1.165) is 29.3 Å². The summed E-state index contributed by atoms with van der Waals surface area (Å²) < 4.78 is 5.78. The molecule has 0 unspecified atom stereocenters. The first-order valence-corrected chi connectivity index (χ1v) is 7.66. The minimum absolute atomic E-state index is 0.554. The summed E-state index contributed by atoms with van der Waals surface area (Å²) in [4.78, 5) is 14.9. The van der Waals surface area contributed by atoms with E-state index in [9.17, 15) is 0 Å². The van der Waals surface area contributed by atoms with Crippen LogP contribution in [0.15, 0.2) is 47.3 Å². The number of aromatic nitrogens is 3. The third-order valence-electron chi connectivity index (χ3n) is 3.49. The van der Waals surface area contributed by atoms with Crippen molar-refractivity contribution in [2.24, 2.45) is 0 Å². The summed E-state index contributed by atoms with van der Waals surface area (Å²) in [5.74, 6) is 1.35. The molecule has 0 saturated heterocycles. The minimum atomic E-state index is 0.554. The summed E-state index contributed by atoms with van der Waals surface area (Å²) in [6, 6.07) is 9.44.